The maximum atomic E-state index is 5.33. The van der Waals surface area contributed by atoms with E-state index >= 15 is 0 Å². The number of hydrogen-bond donors (Lipinski definition) is 0. The largest absolute Gasteiger partial charge is 0.497 e. The summed E-state index contributed by atoms with van der Waals surface area (Å²) < 4.78 is 5.33. The molecule has 1 aromatic rings. The van der Waals surface area contributed by atoms with Crippen molar-refractivity contribution in [1.29, 1.82) is 0 Å². The summed E-state index contributed by atoms with van der Waals surface area (Å²) in [7, 11) is 4.03. The van der Waals surface area contributed by atoms with Gasteiger partial charge in [0, 0.05) is 6.04 Å². The number of hydrogen-bond acceptors (Lipinski definition) is 2. The molecular formula is C15H21NO. The van der Waals surface area contributed by atoms with Crippen LogP contribution < -0.4 is 4.74 Å². The van der Waals surface area contributed by atoms with Crippen LogP contribution in [-0.4, -0.2) is 31.6 Å². The van der Waals surface area contributed by atoms with Gasteiger partial charge in [-0.1, -0.05) is 6.07 Å². The van der Waals surface area contributed by atoms with Gasteiger partial charge < -0.3 is 9.64 Å². The van der Waals surface area contributed by atoms with Crippen LogP contribution in [0.15, 0.2) is 18.2 Å². The van der Waals surface area contributed by atoms with Crippen LogP contribution in [0.5, 0.6) is 5.75 Å². The molecule has 0 unspecified atom stereocenters. The Morgan fingerprint density at radius 2 is 2.18 bits per heavy atom. The van der Waals surface area contributed by atoms with Gasteiger partial charge >= 0.3 is 0 Å². The highest BCUT2D eigenvalue weighted by molar-refractivity contribution is 5.40. The second kappa shape index (κ2) is 4.34. The molecule has 2 atom stereocenters. The van der Waals surface area contributed by atoms with Crippen molar-refractivity contribution in [3.8, 4) is 5.75 Å². The zero-order chi connectivity index (χ0) is 11.8. The van der Waals surface area contributed by atoms with Gasteiger partial charge in [0.15, 0.2) is 0 Å². The van der Waals surface area contributed by atoms with E-state index in [4.69, 9.17) is 4.74 Å². The molecular weight excluding hydrogens is 210 g/mol. The molecule has 2 nitrogen and oxygen atoms in total. The average Bonchev–Trinajstić information content (AvgIpc) is 2.38. The fourth-order valence-corrected chi connectivity index (χ4v) is 3.60. The minimum atomic E-state index is 0.753. The molecule has 1 aliphatic heterocycles. The lowest BCUT2D eigenvalue weighted by molar-refractivity contribution is 0.143. The number of benzene rings is 1. The number of ether oxygens (including phenoxy) is 1. The summed E-state index contributed by atoms with van der Waals surface area (Å²) >= 11 is 0. The van der Waals surface area contributed by atoms with E-state index in [1.807, 2.05) is 0 Å². The maximum absolute atomic E-state index is 5.33. The van der Waals surface area contributed by atoms with Crippen LogP contribution >= 0.6 is 0 Å². The highest BCUT2D eigenvalue weighted by Gasteiger charge is 2.34. The highest BCUT2D eigenvalue weighted by Crippen LogP contribution is 2.40. The Morgan fingerprint density at radius 1 is 1.29 bits per heavy atom. The summed E-state index contributed by atoms with van der Waals surface area (Å²) in [6.45, 7) is 1.27. The van der Waals surface area contributed by atoms with Gasteiger partial charge in [0.25, 0.3) is 0 Å². The molecule has 0 spiro atoms. The Morgan fingerprint density at radius 3 is 3.00 bits per heavy atom. The highest BCUT2D eigenvalue weighted by atomic mass is 16.5. The maximum Gasteiger partial charge on any atom is 0.119 e. The number of likely N-dealkylation sites (N-methyl/N-ethyl adjacent to an activating group) is 1. The van der Waals surface area contributed by atoms with Gasteiger partial charge in [0.2, 0.25) is 0 Å². The molecule has 0 aromatic heterocycles. The third kappa shape index (κ3) is 1.85. The fraction of sp³-hybridized carbons (Fsp3) is 0.600. The standard InChI is InChI=1S/C15H21NO/c1-16-9-3-4-14-13-7-6-12(17-2)10-11(13)5-8-15(14)16/h6-7,10,14-15H,3-5,8-9H2,1-2H3/t14-,15+/m0/s1. The summed E-state index contributed by atoms with van der Waals surface area (Å²) in [6.07, 6.45) is 5.21. The molecule has 0 radical (unpaired) electrons. The van der Waals surface area contributed by atoms with Crippen LogP contribution in [0.25, 0.3) is 0 Å². The summed E-state index contributed by atoms with van der Waals surface area (Å²) in [4.78, 5) is 2.56. The van der Waals surface area contributed by atoms with Crippen LogP contribution in [0.2, 0.25) is 0 Å². The van der Waals surface area contributed by atoms with Crippen LogP contribution in [0, 0.1) is 0 Å². The fourth-order valence-electron chi connectivity index (χ4n) is 3.60. The third-order valence-electron chi connectivity index (χ3n) is 4.52. The first kappa shape index (κ1) is 11.1. The topological polar surface area (TPSA) is 12.5 Å². The molecule has 3 rings (SSSR count). The van der Waals surface area contributed by atoms with E-state index in [2.05, 4.69) is 30.1 Å². The molecule has 1 aromatic carbocycles. The molecule has 17 heavy (non-hydrogen) atoms. The van der Waals surface area contributed by atoms with Gasteiger partial charge in [-0.05, 0) is 68.5 Å². The molecule has 1 saturated heterocycles. The third-order valence-corrected chi connectivity index (χ3v) is 4.52. The van der Waals surface area contributed by atoms with Gasteiger partial charge in [0.1, 0.15) is 5.75 Å². The van der Waals surface area contributed by atoms with Gasteiger partial charge in [0.05, 0.1) is 7.11 Å². The first-order valence-corrected chi connectivity index (χ1v) is 6.66. The number of methoxy groups -OCH3 is 1. The molecule has 1 aliphatic carbocycles. The quantitative estimate of drug-likeness (QED) is 0.737. The minimum Gasteiger partial charge on any atom is -0.497 e. The zero-order valence-corrected chi connectivity index (χ0v) is 10.8. The van der Waals surface area contributed by atoms with E-state index in [0.29, 0.717) is 0 Å². The molecule has 2 aliphatic rings. The van der Waals surface area contributed by atoms with Crippen molar-refractivity contribution in [2.24, 2.45) is 0 Å². The molecule has 0 bridgehead atoms. The SMILES string of the molecule is COc1ccc2c(c1)CC[C@@H]1[C@H]2CCCN1C. The Kier molecular flexibility index (Phi) is 2.83. The Balaban J connectivity index is 1.96. The number of rotatable bonds is 1. The second-order valence-electron chi connectivity index (χ2n) is 5.40. The van der Waals surface area contributed by atoms with E-state index in [0.717, 1.165) is 17.7 Å². The van der Waals surface area contributed by atoms with Crippen molar-refractivity contribution in [2.45, 2.75) is 37.6 Å². The van der Waals surface area contributed by atoms with Crippen molar-refractivity contribution in [3.63, 3.8) is 0 Å². The van der Waals surface area contributed by atoms with E-state index in [1.54, 1.807) is 12.7 Å². The summed E-state index contributed by atoms with van der Waals surface area (Å²) in [6, 6.07) is 7.42. The number of fused-ring (bicyclic) bond motifs is 3. The Labute approximate surface area is 104 Å². The summed E-state index contributed by atoms with van der Waals surface area (Å²) in [5.41, 5.74) is 3.09. The van der Waals surface area contributed by atoms with Crippen molar-refractivity contribution in [3.05, 3.63) is 29.3 Å². The van der Waals surface area contributed by atoms with Gasteiger partial charge in [-0.15, -0.1) is 0 Å². The smallest absolute Gasteiger partial charge is 0.119 e. The van der Waals surface area contributed by atoms with Crippen molar-refractivity contribution in [1.82, 2.24) is 4.90 Å². The number of nitrogens with zero attached hydrogens (tertiary/aromatic N) is 1. The molecule has 0 N–H and O–H groups in total. The predicted octanol–water partition coefficient (Wildman–Crippen LogP) is 2.82. The molecule has 1 heterocycles. The first-order chi connectivity index (χ1) is 8.29. The zero-order valence-electron chi connectivity index (χ0n) is 10.8. The van der Waals surface area contributed by atoms with E-state index < -0.39 is 0 Å². The van der Waals surface area contributed by atoms with Gasteiger partial charge in [-0.3, -0.25) is 0 Å². The lowest BCUT2D eigenvalue weighted by Gasteiger charge is -2.43. The van der Waals surface area contributed by atoms with Crippen molar-refractivity contribution >= 4 is 0 Å². The molecule has 0 amide bonds. The first-order valence-electron chi connectivity index (χ1n) is 6.66. The van der Waals surface area contributed by atoms with Crippen molar-refractivity contribution < 1.29 is 4.74 Å². The van der Waals surface area contributed by atoms with E-state index in [9.17, 15) is 0 Å². The lowest BCUT2D eigenvalue weighted by atomic mass is 9.74. The summed E-state index contributed by atoms with van der Waals surface area (Å²) in [5, 5.41) is 0. The van der Waals surface area contributed by atoms with E-state index in [-0.39, 0.29) is 0 Å². The minimum absolute atomic E-state index is 0.753. The van der Waals surface area contributed by atoms with Crippen LogP contribution in [0.4, 0.5) is 0 Å². The van der Waals surface area contributed by atoms with Crippen molar-refractivity contribution in [2.75, 3.05) is 20.7 Å². The monoisotopic (exact) mass is 231 g/mol. The second-order valence-corrected chi connectivity index (χ2v) is 5.40. The van der Waals surface area contributed by atoms with Crippen LogP contribution in [-0.2, 0) is 6.42 Å². The molecule has 92 valence electrons. The lowest BCUT2D eigenvalue weighted by Crippen LogP contribution is -2.43. The number of aryl methyl sites for hydroxylation is 1. The molecule has 0 saturated carbocycles. The van der Waals surface area contributed by atoms with Crippen LogP contribution in [0.1, 0.15) is 36.3 Å². The Hall–Kier alpha value is -1.02. The van der Waals surface area contributed by atoms with Gasteiger partial charge in [-0.2, -0.15) is 0 Å². The van der Waals surface area contributed by atoms with E-state index in [1.165, 1.54) is 37.8 Å². The number of piperidine rings is 1. The summed E-state index contributed by atoms with van der Waals surface area (Å²) in [5.74, 6) is 1.76. The Bertz CT molecular complexity index is 415. The predicted molar refractivity (Wildman–Crippen MR) is 69.7 cm³/mol. The number of likely N-dealkylation sites (tertiary alicyclic amines) is 1. The average molecular weight is 231 g/mol. The normalized spacial score (nSPS) is 28.4. The van der Waals surface area contributed by atoms with Gasteiger partial charge in [-0.25, -0.2) is 0 Å². The molecule has 2 heteroatoms. The van der Waals surface area contributed by atoms with Crippen LogP contribution in [0.3, 0.4) is 0 Å². The molecule has 1 fully saturated rings.